The van der Waals surface area contributed by atoms with Crippen molar-refractivity contribution in [1.29, 1.82) is 10.5 Å². The molecule has 0 aliphatic rings. The molecule has 5 nitrogen and oxygen atoms in total. The maximum Gasteiger partial charge on any atom is 0.227 e. The summed E-state index contributed by atoms with van der Waals surface area (Å²) in [5, 5.41) is 27.9. The number of hydrogen-bond acceptors (Lipinski definition) is 5. The van der Waals surface area contributed by atoms with Gasteiger partial charge in [0.25, 0.3) is 0 Å². The monoisotopic (exact) mass is 199 g/mol. The predicted molar refractivity (Wildman–Crippen MR) is 50.3 cm³/mol. The van der Waals surface area contributed by atoms with E-state index in [1.165, 1.54) is 30.3 Å². The average molecular weight is 199 g/mol. The van der Waals surface area contributed by atoms with Crippen LogP contribution in [0.2, 0.25) is 0 Å². The summed E-state index contributed by atoms with van der Waals surface area (Å²) in [6, 6.07) is 9.03. The van der Waals surface area contributed by atoms with Crippen LogP contribution in [-0.2, 0) is 0 Å². The maximum atomic E-state index is 11.4. The van der Waals surface area contributed by atoms with Gasteiger partial charge >= 0.3 is 0 Å². The second-order valence-electron chi connectivity index (χ2n) is 2.58. The third kappa shape index (κ3) is 2.17. The Hall–Kier alpha value is -2.66. The van der Waals surface area contributed by atoms with Crippen LogP contribution in [0.1, 0.15) is 15.9 Å². The van der Waals surface area contributed by atoms with E-state index < -0.39 is 11.5 Å². The standard InChI is InChI=1S/C10H5N3O2/c11-5-7-1-3-8(4-2-7)10(14)9(6-12)13-15/h1-4,15H/b13-9+. The van der Waals surface area contributed by atoms with Gasteiger partial charge in [-0.2, -0.15) is 10.5 Å². The summed E-state index contributed by atoms with van der Waals surface area (Å²) in [6.07, 6.45) is 0. The molecule has 0 saturated heterocycles. The minimum Gasteiger partial charge on any atom is -0.410 e. The SMILES string of the molecule is N#C/C(=N\O)C(=O)c1ccc(C#N)cc1. The highest BCUT2D eigenvalue weighted by molar-refractivity contribution is 6.51. The van der Waals surface area contributed by atoms with Gasteiger partial charge in [-0.05, 0) is 24.3 Å². The van der Waals surface area contributed by atoms with Crippen LogP contribution in [-0.4, -0.2) is 16.7 Å². The number of ketones is 1. The summed E-state index contributed by atoms with van der Waals surface area (Å²) in [5.41, 5.74) is 0.0223. The van der Waals surface area contributed by atoms with Gasteiger partial charge in [0.2, 0.25) is 11.5 Å². The molecule has 0 aromatic heterocycles. The van der Waals surface area contributed by atoms with Crippen LogP contribution < -0.4 is 0 Å². The van der Waals surface area contributed by atoms with Crippen molar-refractivity contribution in [2.45, 2.75) is 0 Å². The van der Waals surface area contributed by atoms with Crippen molar-refractivity contribution < 1.29 is 10.0 Å². The van der Waals surface area contributed by atoms with Crippen molar-refractivity contribution in [3.8, 4) is 12.1 Å². The lowest BCUT2D eigenvalue weighted by atomic mass is 10.1. The molecule has 0 heterocycles. The molecule has 0 aliphatic heterocycles. The van der Waals surface area contributed by atoms with Gasteiger partial charge in [0, 0.05) is 5.56 Å². The fourth-order valence-electron chi connectivity index (χ4n) is 0.951. The zero-order valence-corrected chi connectivity index (χ0v) is 7.51. The van der Waals surface area contributed by atoms with E-state index in [1.807, 2.05) is 6.07 Å². The van der Waals surface area contributed by atoms with E-state index in [2.05, 4.69) is 5.16 Å². The number of oxime groups is 1. The van der Waals surface area contributed by atoms with Crippen LogP contribution in [0.3, 0.4) is 0 Å². The number of benzene rings is 1. The van der Waals surface area contributed by atoms with E-state index in [-0.39, 0.29) is 5.56 Å². The Bertz CT molecular complexity index is 489. The molecule has 0 unspecified atom stereocenters. The van der Waals surface area contributed by atoms with Gasteiger partial charge in [-0.25, -0.2) is 0 Å². The highest BCUT2D eigenvalue weighted by atomic mass is 16.4. The second-order valence-corrected chi connectivity index (χ2v) is 2.58. The molecule has 0 amide bonds. The first-order valence-corrected chi connectivity index (χ1v) is 3.90. The first-order chi connectivity index (χ1) is 7.22. The number of carbonyl (C=O) groups excluding carboxylic acids is 1. The van der Waals surface area contributed by atoms with E-state index in [1.54, 1.807) is 0 Å². The Labute approximate surface area is 85.5 Å². The van der Waals surface area contributed by atoms with Crippen LogP contribution in [0.5, 0.6) is 0 Å². The number of carbonyl (C=O) groups is 1. The summed E-state index contributed by atoms with van der Waals surface area (Å²) in [6.45, 7) is 0. The Morgan fingerprint density at radius 2 is 1.87 bits per heavy atom. The lowest BCUT2D eigenvalue weighted by Gasteiger charge is -1.96. The van der Waals surface area contributed by atoms with Crippen molar-refractivity contribution in [2.75, 3.05) is 0 Å². The van der Waals surface area contributed by atoms with Crippen LogP contribution in [0.4, 0.5) is 0 Å². The molecule has 1 rings (SSSR count). The van der Waals surface area contributed by atoms with Crippen molar-refractivity contribution in [3.05, 3.63) is 35.4 Å². The Morgan fingerprint density at radius 1 is 1.27 bits per heavy atom. The lowest BCUT2D eigenvalue weighted by molar-refractivity contribution is 0.106. The van der Waals surface area contributed by atoms with Gasteiger partial charge in [0.15, 0.2) is 0 Å². The van der Waals surface area contributed by atoms with E-state index in [9.17, 15) is 4.79 Å². The summed E-state index contributed by atoms with van der Waals surface area (Å²) in [5.74, 6) is -0.676. The van der Waals surface area contributed by atoms with Crippen molar-refractivity contribution in [3.63, 3.8) is 0 Å². The van der Waals surface area contributed by atoms with Crippen molar-refractivity contribution in [2.24, 2.45) is 5.16 Å². The fourth-order valence-corrected chi connectivity index (χ4v) is 0.951. The van der Waals surface area contributed by atoms with E-state index >= 15 is 0 Å². The number of nitriles is 2. The fraction of sp³-hybridized carbons (Fsp3) is 0. The van der Waals surface area contributed by atoms with Crippen molar-refractivity contribution in [1.82, 2.24) is 0 Å². The second kappa shape index (κ2) is 4.54. The molecule has 0 bridgehead atoms. The zero-order chi connectivity index (χ0) is 11.3. The third-order valence-corrected chi connectivity index (χ3v) is 1.70. The first-order valence-electron chi connectivity index (χ1n) is 3.90. The van der Waals surface area contributed by atoms with Gasteiger partial charge in [0.05, 0.1) is 11.6 Å². The summed E-state index contributed by atoms with van der Waals surface area (Å²) < 4.78 is 0. The van der Waals surface area contributed by atoms with Crippen molar-refractivity contribution >= 4 is 11.5 Å². The molecule has 1 N–H and O–H groups in total. The van der Waals surface area contributed by atoms with Gasteiger partial charge in [-0.15, -0.1) is 0 Å². The van der Waals surface area contributed by atoms with E-state index in [0.29, 0.717) is 5.56 Å². The Kier molecular flexibility index (Phi) is 3.15. The molecular formula is C10H5N3O2. The van der Waals surface area contributed by atoms with Crippen LogP contribution >= 0.6 is 0 Å². The lowest BCUT2D eigenvalue weighted by Crippen LogP contribution is -2.12. The van der Waals surface area contributed by atoms with E-state index in [4.69, 9.17) is 15.7 Å². The normalized spacial score (nSPS) is 10.1. The Balaban J connectivity index is 3.05. The van der Waals surface area contributed by atoms with Crippen LogP contribution in [0.25, 0.3) is 0 Å². The highest BCUT2D eigenvalue weighted by Crippen LogP contribution is 2.05. The number of Topliss-reactive ketones (excluding diaryl/α,β-unsaturated/α-hetero) is 1. The number of nitrogens with zero attached hydrogens (tertiary/aromatic N) is 3. The molecule has 72 valence electrons. The minimum atomic E-state index is -0.676. The van der Waals surface area contributed by atoms with Crippen LogP contribution in [0.15, 0.2) is 29.4 Å². The molecule has 0 radical (unpaired) electrons. The zero-order valence-electron chi connectivity index (χ0n) is 7.51. The molecule has 0 spiro atoms. The molecule has 0 aliphatic carbocycles. The average Bonchev–Trinajstić information content (AvgIpc) is 2.30. The van der Waals surface area contributed by atoms with Gasteiger partial charge < -0.3 is 5.21 Å². The Morgan fingerprint density at radius 3 is 2.27 bits per heavy atom. The van der Waals surface area contributed by atoms with E-state index in [0.717, 1.165) is 0 Å². The molecule has 1 aromatic rings. The van der Waals surface area contributed by atoms with Gasteiger partial charge in [0.1, 0.15) is 6.07 Å². The quantitative estimate of drug-likeness (QED) is 0.333. The number of rotatable bonds is 2. The molecular weight excluding hydrogens is 194 g/mol. The molecule has 0 atom stereocenters. The highest BCUT2D eigenvalue weighted by Gasteiger charge is 2.13. The number of hydrogen-bond donors (Lipinski definition) is 1. The topological polar surface area (TPSA) is 97.2 Å². The smallest absolute Gasteiger partial charge is 0.227 e. The van der Waals surface area contributed by atoms with Crippen LogP contribution in [0, 0.1) is 22.7 Å². The summed E-state index contributed by atoms with van der Waals surface area (Å²) >= 11 is 0. The van der Waals surface area contributed by atoms with Gasteiger partial charge in [-0.1, -0.05) is 5.16 Å². The predicted octanol–water partition coefficient (Wildman–Crippen LogP) is 1.09. The summed E-state index contributed by atoms with van der Waals surface area (Å²) in [7, 11) is 0. The molecule has 5 heteroatoms. The molecule has 15 heavy (non-hydrogen) atoms. The molecule has 0 saturated carbocycles. The molecule has 0 fully saturated rings. The third-order valence-electron chi connectivity index (χ3n) is 1.70. The van der Waals surface area contributed by atoms with Gasteiger partial charge in [-0.3, -0.25) is 4.79 Å². The maximum absolute atomic E-state index is 11.4. The minimum absolute atomic E-state index is 0.198. The summed E-state index contributed by atoms with van der Waals surface area (Å²) in [4.78, 5) is 11.4. The largest absolute Gasteiger partial charge is 0.410 e. The molecule has 1 aromatic carbocycles. The first kappa shape index (κ1) is 10.4.